The Morgan fingerprint density at radius 3 is 2.83 bits per heavy atom. The molecule has 5 heteroatoms. The van der Waals surface area contributed by atoms with Crippen molar-refractivity contribution in [3.8, 4) is 12.1 Å². The van der Waals surface area contributed by atoms with Crippen LogP contribution in [0.2, 0.25) is 0 Å². The quantitative estimate of drug-likeness (QED) is 0.770. The lowest BCUT2D eigenvalue weighted by atomic mass is 10.0. The van der Waals surface area contributed by atoms with Gasteiger partial charge in [0.25, 0.3) is 0 Å². The van der Waals surface area contributed by atoms with Crippen LogP contribution in [0, 0.1) is 22.7 Å². The Kier molecular flexibility index (Phi) is 3.26. The number of rotatable bonds is 2. The van der Waals surface area contributed by atoms with E-state index in [1.165, 1.54) is 6.20 Å². The zero-order valence-electron chi connectivity index (χ0n) is 9.53. The van der Waals surface area contributed by atoms with Crippen molar-refractivity contribution in [3.05, 3.63) is 35.5 Å². The lowest BCUT2D eigenvalue weighted by Crippen LogP contribution is -2.19. The van der Waals surface area contributed by atoms with Gasteiger partial charge in [-0.15, -0.1) is 0 Å². The first-order chi connectivity index (χ1) is 8.74. The molecule has 1 aromatic carbocycles. The van der Waals surface area contributed by atoms with Crippen molar-refractivity contribution in [2.45, 2.75) is 12.8 Å². The predicted molar refractivity (Wildman–Crippen MR) is 66.3 cm³/mol. The van der Waals surface area contributed by atoms with E-state index in [-0.39, 0.29) is 11.5 Å². The Labute approximate surface area is 104 Å². The number of nitrogens with zero attached hydrogens (tertiary/aromatic N) is 2. The maximum Gasteiger partial charge on any atom is 0.224 e. The molecule has 1 amide bonds. The maximum absolute atomic E-state index is 11.3. The van der Waals surface area contributed by atoms with Crippen molar-refractivity contribution in [2.75, 3.05) is 10.6 Å². The molecule has 0 radical (unpaired) electrons. The molecule has 1 aliphatic heterocycles. The summed E-state index contributed by atoms with van der Waals surface area (Å²) in [5.41, 5.74) is 2.58. The van der Waals surface area contributed by atoms with Crippen LogP contribution in [0.3, 0.4) is 0 Å². The van der Waals surface area contributed by atoms with Crippen molar-refractivity contribution in [2.24, 2.45) is 0 Å². The number of allylic oxidation sites excluding steroid dienone is 1. The van der Waals surface area contributed by atoms with Crippen LogP contribution in [0.25, 0.3) is 0 Å². The molecule has 0 atom stereocenters. The topological polar surface area (TPSA) is 88.7 Å². The second-order valence-corrected chi connectivity index (χ2v) is 3.81. The minimum atomic E-state index is 0.00457. The lowest BCUT2D eigenvalue weighted by Gasteiger charge is -2.19. The second-order valence-electron chi connectivity index (χ2n) is 3.81. The van der Waals surface area contributed by atoms with Gasteiger partial charge in [0.1, 0.15) is 17.7 Å². The molecule has 2 N–H and O–H groups in total. The Morgan fingerprint density at radius 1 is 1.33 bits per heavy atom. The highest BCUT2D eigenvalue weighted by atomic mass is 16.1. The van der Waals surface area contributed by atoms with Gasteiger partial charge < -0.3 is 10.6 Å². The standard InChI is InChI=1S/C13H10N4O/c14-6-9(7-15)8-16-11-2-1-3-12-10(11)4-5-13(18)17-12/h1-3,8,16H,4-5H2,(H,17,18). The molecule has 1 aromatic rings. The van der Waals surface area contributed by atoms with E-state index in [2.05, 4.69) is 10.6 Å². The smallest absolute Gasteiger partial charge is 0.224 e. The fourth-order valence-electron chi connectivity index (χ4n) is 1.80. The highest BCUT2D eigenvalue weighted by Crippen LogP contribution is 2.29. The molecule has 1 heterocycles. The van der Waals surface area contributed by atoms with Crippen LogP contribution in [0.4, 0.5) is 11.4 Å². The fraction of sp³-hybridized carbons (Fsp3) is 0.154. The van der Waals surface area contributed by atoms with E-state index in [4.69, 9.17) is 10.5 Å². The third kappa shape index (κ3) is 2.31. The van der Waals surface area contributed by atoms with Gasteiger partial charge in [-0.3, -0.25) is 4.79 Å². The summed E-state index contributed by atoms with van der Waals surface area (Å²) in [5.74, 6) is 0.00457. The molecule has 0 spiro atoms. The molecule has 88 valence electrons. The van der Waals surface area contributed by atoms with Gasteiger partial charge in [0.15, 0.2) is 0 Å². The average Bonchev–Trinajstić information content (AvgIpc) is 2.39. The summed E-state index contributed by atoms with van der Waals surface area (Å²) in [6.45, 7) is 0. The molecule has 0 saturated heterocycles. The molecule has 2 rings (SSSR count). The zero-order chi connectivity index (χ0) is 13.0. The maximum atomic E-state index is 11.3. The normalized spacial score (nSPS) is 12.4. The van der Waals surface area contributed by atoms with Crippen molar-refractivity contribution < 1.29 is 4.79 Å². The largest absolute Gasteiger partial charge is 0.360 e. The first-order valence-corrected chi connectivity index (χ1v) is 5.43. The Bertz CT molecular complexity index is 588. The number of anilines is 2. The summed E-state index contributed by atoms with van der Waals surface area (Å²) < 4.78 is 0. The lowest BCUT2D eigenvalue weighted by molar-refractivity contribution is -0.116. The van der Waals surface area contributed by atoms with Gasteiger partial charge in [0.05, 0.1) is 0 Å². The first kappa shape index (κ1) is 11.7. The van der Waals surface area contributed by atoms with Crippen molar-refractivity contribution >= 4 is 17.3 Å². The van der Waals surface area contributed by atoms with Crippen LogP contribution in [-0.2, 0) is 11.2 Å². The zero-order valence-corrected chi connectivity index (χ0v) is 9.53. The van der Waals surface area contributed by atoms with Crippen LogP contribution in [0.1, 0.15) is 12.0 Å². The average molecular weight is 238 g/mol. The van der Waals surface area contributed by atoms with E-state index in [9.17, 15) is 4.79 Å². The molecule has 0 unspecified atom stereocenters. The van der Waals surface area contributed by atoms with Crippen LogP contribution >= 0.6 is 0 Å². The van der Waals surface area contributed by atoms with Gasteiger partial charge >= 0.3 is 0 Å². The summed E-state index contributed by atoms with van der Waals surface area (Å²) in [6.07, 6.45) is 2.46. The SMILES string of the molecule is N#CC(C#N)=CNc1cccc2c1CCC(=O)N2. The Morgan fingerprint density at radius 2 is 2.11 bits per heavy atom. The van der Waals surface area contributed by atoms with E-state index >= 15 is 0 Å². The number of nitriles is 2. The molecule has 0 aromatic heterocycles. The molecule has 18 heavy (non-hydrogen) atoms. The highest BCUT2D eigenvalue weighted by Gasteiger charge is 2.16. The number of carbonyl (C=O) groups excluding carboxylic acids is 1. The summed E-state index contributed by atoms with van der Waals surface area (Å²) in [4.78, 5) is 11.3. The van der Waals surface area contributed by atoms with Gasteiger partial charge in [0, 0.05) is 24.0 Å². The van der Waals surface area contributed by atoms with Crippen LogP contribution < -0.4 is 10.6 Å². The van der Waals surface area contributed by atoms with E-state index in [0.29, 0.717) is 12.8 Å². The number of fused-ring (bicyclic) bond motifs is 1. The third-order valence-corrected chi connectivity index (χ3v) is 2.67. The summed E-state index contributed by atoms with van der Waals surface area (Å²) in [5, 5.41) is 23.0. The summed E-state index contributed by atoms with van der Waals surface area (Å²) >= 11 is 0. The molecule has 0 aliphatic carbocycles. The van der Waals surface area contributed by atoms with E-state index in [1.54, 1.807) is 18.2 Å². The summed E-state index contributed by atoms with van der Waals surface area (Å²) in [6, 6.07) is 9.03. The van der Waals surface area contributed by atoms with E-state index < -0.39 is 0 Å². The van der Waals surface area contributed by atoms with Crippen LogP contribution in [-0.4, -0.2) is 5.91 Å². The number of benzene rings is 1. The molecule has 5 nitrogen and oxygen atoms in total. The molecule has 0 fully saturated rings. The van der Waals surface area contributed by atoms with E-state index in [1.807, 2.05) is 12.1 Å². The van der Waals surface area contributed by atoms with Crippen LogP contribution in [0.5, 0.6) is 0 Å². The van der Waals surface area contributed by atoms with Crippen molar-refractivity contribution in [3.63, 3.8) is 0 Å². The Hall–Kier alpha value is -2.79. The number of amides is 1. The fourth-order valence-corrected chi connectivity index (χ4v) is 1.80. The van der Waals surface area contributed by atoms with Crippen molar-refractivity contribution in [1.82, 2.24) is 0 Å². The number of hydrogen-bond donors (Lipinski definition) is 2. The summed E-state index contributed by atoms with van der Waals surface area (Å²) in [7, 11) is 0. The second kappa shape index (κ2) is 5.03. The minimum Gasteiger partial charge on any atom is -0.360 e. The molecule has 1 aliphatic rings. The van der Waals surface area contributed by atoms with Gasteiger partial charge in [-0.05, 0) is 24.1 Å². The number of carbonyl (C=O) groups is 1. The van der Waals surface area contributed by atoms with Crippen molar-refractivity contribution in [1.29, 1.82) is 10.5 Å². The highest BCUT2D eigenvalue weighted by molar-refractivity contribution is 5.95. The predicted octanol–water partition coefficient (Wildman–Crippen LogP) is 1.91. The third-order valence-electron chi connectivity index (χ3n) is 2.67. The molecule has 0 bridgehead atoms. The Balaban J connectivity index is 2.29. The molecular formula is C13H10N4O. The minimum absolute atomic E-state index is 0.00457. The molecular weight excluding hydrogens is 228 g/mol. The van der Waals surface area contributed by atoms with Gasteiger partial charge in [-0.25, -0.2) is 0 Å². The first-order valence-electron chi connectivity index (χ1n) is 5.43. The monoisotopic (exact) mass is 238 g/mol. The number of nitrogens with one attached hydrogen (secondary N) is 2. The molecule has 0 saturated carbocycles. The van der Waals surface area contributed by atoms with Gasteiger partial charge in [-0.2, -0.15) is 10.5 Å². The van der Waals surface area contributed by atoms with Gasteiger partial charge in [0.2, 0.25) is 5.91 Å². The van der Waals surface area contributed by atoms with E-state index in [0.717, 1.165) is 16.9 Å². The number of hydrogen-bond acceptors (Lipinski definition) is 4. The van der Waals surface area contributed by atoms with Gasteiger partial charge in [-0.1, -0.05) is 6.07 Å². The van der Waals surface area contributed by atoms with Crippen LogP contribution in [0.15, 0.2) is 30.0 Å².